The van der Waals surface area contributed by atoms with Crippen LogP contribution in [0.4, 0.5) is 4.39 Å². The molecule has 178 valence electrons. The van der Waals surface area contributed by atoms with Gasteiger partial charge in [-0.3, -0.25) is 0 Å². The van der Waals surface area contributed by atoms with Crippen LogP contribution in [-0.2, 0) is 16.1 Å². The van der Waals surface area contributed by atoms with E-state index in [1.807, 2.05) is 6.07 Å². The molecule has 0 amide bonds. The van der Waals surface area contributed by atoms with E-state index in [4.69, 9.17) is 25.8 Å². The number of ether oxygens (including phenoxy) is 3. The molecule has 0 aliphatic rings. The van der Waals surface area contributed by atoms with Crippen LogP contribution >= 0.6 is 11.6 Å². The lowest BCUT2D eigenvalue weighted by Crippen LogP contribution is -2.15. The van der Waals surface area contributed by atoms with Gasteiger partial charge < -0.3 is 14.2 Å². The van der Waals surface area contributed by atoms with Crippen molar-refractivity contribution in [1.82, 2.24) is 9.78 Å². The Labute approximate surface area is 205 Å². The first-order valence-corrected chi connectivity index (χ1v) is 10.8. The van der Waals surface area contributed by atoms with Crippen molar-refractivity contribution >= 4 is 23.5 Å². The Morgan fingerprint density at radius 3 is 2.37 bits per heavy atom. The summed E-state index contributed by atoms with van der Waals surface area (Å²) in [5, 5.41) is 4.59. The van der Waals surface area contributed by atoms with Crippen molar-refractivity contribution < 1.29 is 28.2 Å². The number of carbonyl (C=O) groups is 2. The lowest BCUT2D eigenvalue weighted by atomic mass is 10.1. The summed E-state index contributed by atoms with van der Waals surface area (Å²) in [5.74, 6) is -1.58. The number of hydrogen-bond donors (Lipinski definition) is 0. The van der Waals surface area contributed by atoms with Crippen LogP contribution < -0.4 is 4.74 Å². The highest BCUT2D eigenvalue weighted by Crippen LogP contribution is 2.31. The molecule has 3 aromatic carbocycles. The molecule has 0 atom stereocenters. The second kappa shape index (κ2) is 10.4. The van der Waals surface area contributed by atoms with E-state index >= 15 is 0 Å². The second-order valence-corrected chi connectivity index (χ2v) is 7.77. The third-order valence-electron chi connectivity index (χ3n) is 5.15. The SMILES string of the molecule is COC(=O)c1c(-c2cccc(OCc3ccc(Cl)c(F)c3)c2)nn(-c2ccccc2)c1C(=O)OC. The number of methoxy groups -OCH3 is 2. The maximum Gasteiger partial charge on any atom is 0.357 e. The summed E-state index contributed by atoms with van der Waals surface area (Å²) in [6.45, 7) is 0.0905. The number of benzene rings is 3. The summed E-state index contributed by atoms with van der Waals surface area (Å²) in [7, 11) is 2.44. The number of para-hydroxylation sites is 1. The molecule has 0 spiro atoms. The molecule has 7 nitrogen and oxygen atoms in total. The van der Waals surface area contributed by atoms with Gasteiger partial charge in [-0.15, -0.1) is 0 Å². The topological polar surface area (TPSA) is 79.7 Å². The Bertz CT molecular complexity index is 1390. The van der Waals surface area contributed by atoms with Crippen molar-refractivity contribution in [2.45, 2.75) is 6.61 Å². The minimum Gasteiger partial charge on any atom is -0.489 e. The quantitative estimate of drug-likeness (QED) is 0.316. The minimum atomic E-state index is -0.745. The molecule has 1 heterocycles. The van der Waals surface area contributed by atoms with Gasteiger partial charge in [-0.2, -0.15) is 5.10 Å². The summed E-state index contributed by atoms with van der Waals surface area (Å²) < 4.78 is 30.8. The van der Waals surface area contributed by atoms with E-state index in [1.54, 1.807) is 54.6 Å². The molecule has 0 unspecified atom stereocenters. The van der Waals surface area contributed by atoms with Crippen LogP contribution in [0.2, 0.25) is 5.02 Å². The lowest BCUT2D eigenvalue weighted by molar-refractivity contribution is 0.0549. The van der Waals surface area contributed by atoms with Crippen LogP contribution in [0.15, 0.2) is 72.8 Å². The van der Waals surface area contributed by atoms with E-state index in [2.05, 4.69) is 5.10 Å². The van der Waals surface area contributed by atoms with E-state index in [0.717, 1.165) is 0 Å². The highest BCUT2D eigenvalue weighted by Gasteiger charge is 2.31. The summed E-state index contributed by atoms with van der Waals surface area (Å²) in [6, 6.07) is 20.1. The first kappa shape index (κ1) is 24.0. The van der Waals surface area contributed by atoms with Gasteiger partial charge in [0.1, 0.15) is 29.4 Å². The standard InChI is InChI=1S/C26H20ClFN2O5/c1-33-25(31)22-23(29-30(24(22)26(32)34-2)18-8-4-3-5-9-18)17-7-6-10-19(14-17)35-15-16-11-12-20(27)21(28)13-16/h3-14H,15H2,1-2H3. The third-order valence-corrected chi connectivity index (χ3v) is 5.46. The molecule has 35 heavy (non-hydrogen) atoms. The third kappa shape index (κ3) is 5.02. The number of esters is 2. The van der Waals surface area contributed by atoms with Crippen LogP contribution in [0.25, 0.3) is 16.9 Å². The molecular formula is C26H20ClFN2O5. The average Bonchev–Trinajstić information content (AvgIpc) is 3.30. The molecule has 0 aliphatic heterocycles. The Balaban J connectivity index is 1.77. The monoisotopic (exact) mass is 494 g/mol. The van der Waals surface area contributed by atoms with Crippen LogP contribution in [0.3, 0.4) is 0 Å². The van der Waals surface area contributed by atoms with Crippen molar-refractivity contribution in [2.24, 2.45) is 0 Å². The van der Waals surface area contributed by atoms with Gasteiger partial charge in [0.15, 0.2) is 5.69 Å². The number of halogens is 2. The van der Waals surface area contributed by atoms with Crippen LogP contribution in [0, 0.1) is 5.82 Å². The van der Waals surface area contributed by atoms with Crippen LogP contribution in [0.5, 0.6) is 5.75 Å². The van der Waals surface area contributed by atoms with E-state index in [9.17, 15) is 14.0 Å². The molecule has 0 saturated heterocycles. The Morgan fingerprint density at radius 1 is 0.943 bits per heavy atom. The van der Waals surface area contributed by atoms with Crippen molar-refractivity contribution in [3.63, 3.8) is 0 Å². The summed E-state index contributed by atoms with van der Waals surface area (Å²) in [5.41, 5.74) is 1.76. The zero-order chi connectivity index (χ0) is 24.9. The number of carbonyl (C=O) groups excluding carboxylic acids is 2. The molecule has 4 aromatic rings. The fraction of sp³-hybridized carbons (Fsp3) is 0.115. The number of hydrogen-bond acceptors (Lipinski definition) is 6. The highest BCUT2D eigenvalue weighted by molar-refractivity contribution is 6.30. The number of aromatic nitrogens is 2. The van der Waals surface area contributed by atoms with E-state index in [1.165, 1.54) is 31.0 Å². The summed E-state index contributed by atoms with van der Waals surface area (Å²) in [4.78, 5) is 25.5. The molecule has 0 saturated carbocycles. The van der Waals surface area contributed by atoms with Gasteiger partial charge >= 0.3 is 11.9 Å². The molecule has 4 rings (SSSR count). The molecule has 0 fully saturated rings. The predicted octanol–water partition coefficient (Wildman–Crippen LogP) is 5.48. The first-order chi connectivity index (χ1) is 16.9. The van der Waals surface area contributed by atoms with Gasteiger partial charge in [-0.1, -0.05) is 48.0 Å². The summed E-state index contributed by atoms with van der Waals surface area (Å²) >= 11 is 5.74. The van der Waals surface area contributed by atoms with Crippen LogP contribution in [0.1, 0.15) is 26.4 Å². The Morgan fingerprint density at radius 2 is 1.69 bits per heavy atom. The smallest absolute Gasteiger partial charge is 0.357 e. The first-order valence-electron chi connectivity index (χ1n) is 10.4. The Kier molecular flexibility index (Phi) is 7.12. The summed E-state index contributed by atoms with van der Waals surface area (Å²) in [6.07, 6.45) is 0. The number of rotatable bonds is 7. The van der Waals surface area contributed by atoms with Gasteiger partial charge in [0, 0.05) is 5.56 Å². The molecule has 0 radical (unpaired) electrons. The van der Waals surface area contributed by atoms with Crippen LogP contribution in [-0.4, -0.2) is 35.9 Å². The highest BCUT2D eigenvalue weighted by atomic mass is 35.5. The predicted molar refractivity (Wildman–Crippen MR) is 127 cm³/mol. The molecular weight excluding hydrogens is 475 g/mol. The maximum absolute atomic E-state index is 13.7. The number of nitrogens with zero attached hydrogens (tertiary/aromatic N) is 2. The fourth-order valence-electron chi connectivity index (χ4n) is 3.49. The van der Waals surface area contributed by atoms with E-state index < -0.39 is 17.8 Å². The molecule has 9 heteroatoms. The van der Waals surface area contributed by atoms with Crippen molar-refractivity contribution in [3.8, 4) is 22.7 Å². The Hall–Kier alpha value is -4.17. The van der Waals surface area contributed by atoms with Crippen molar-refractivity contribution in [1.29, 1.82) is 0 Å². The fourth-order valence-corrected chi connectivity index (χ4v) is 3.60. The van der Waals surface area contributed by atoms with Gasteiger partial charge in [0.2, 0.25) is 0 Å². The van der Waals surface area contributed by atoms with Gasteiger partial charge in [0.05, 0.1) is 24.9 Å². The van der Waals surface area contributed by atoms with E-state index in [-0.39, 0.29) is 28.6 Å². The zero-order valence-corrected chi connectivity index (χ0v) is 19.6. The second-order valence-electron chi connectivity index (χ2n) is 7.37. The van der Waals surface area contributed by atoms with Gasteiger partial charge in [0.25, 0.3) is 0 Å². The minimum absolute atomic E-state index is 0.0292. The van der Waals surface area contributed by atoms with Crippen molar-refractivity contribution in [3.05, 3.63) is 100 Å². The van der Waals surface area contributed by atoms with E-state index in [0.29, 0.717) is 22.6 Å². The van der Waals surface area contributed by atoms with Gasteiger partial charge in [-0.25, -0.2) is 18.7 Å². The molecule has 0 aliphatic carbocycles. The van der Waals surface area contributed by atoms with Gasteiger partial charge in [-0.05, 0) is 42.0 Å². The largest absolute Gasteiger partial charge is 0.489 e. The molecule has 0 bridgehead atoms. The zero-order valence-electron chi connectivity index (χ0n) is 18.8. The lowest BCUT2D eigenvalue weighted by Gasteiger charge is -2.09. The maximum atomic E-state index is 13.7. The molecule has 0 N–H and O–H groups in total. The van der Waals surface area contributed by atoms with Crippen molar-refractivity contribution in [2.75, 3.05) is 14.2 Å². The normalized spacial score (nSPS) is 10.6. The average molecular weight is 495 g/mol. The molecule has 1 aromatic heterocycles.